The number of amides is 1. The van der Waals surface area contributed by atoms with Crippen LogP contribution in [0.1, 0.15) is 30.5 Å². The number of halogens is 2. The van der Waals surface area contributed by atoms with E-state index in [-0.39, 0.29) is 18.3 Å². The summed E-state index contributed by atoms with van der Waals surface area (Å²) in [6.45, 7) is 5.43. The van der Waals surface area contributed by atoms with Crippen LogP contribution in [0.15, 0.2) is 53.0 Å². The molecule has 1 unspecified atom stereocenters. The zero-order chi connectivity index (χ0) is 17.6. The van der Waals surface area contributed by atoms with Gasteiger partial charge in [0, 0.05) is 17.6 Å². The largest absolute Gasteiger partial charge is 0.377 e. The molecule has 0 aliphatic rings. The van der Waals surface area contributed by atoms with Crippen LogP contribution in [0, 0.1) is 0 Å². The molecule has 2 aromatic rings. The van der Waals surface area contributed by atoms with E-state index in [2.05, 4.69) is 21.2 Å². The quantitative estimate of drug-likeness (QED) is 0.704. The maximum Gasteiger partial charge on any atom is 0.244 e. The van der Waals surface area contributed by atoms with E-state index >= 15 is 0 Å². The monoisotopic (exact) mass is 426 g/mol. The first kappa shape index (κ1) is 21.6. The predicted molar refractivity (Wildman–Crippen MR) is 107 cm³/mol. The van der Waals surface area contributed by atoms with Crippen molar-refractivity contribution in [3.63, 3.8) is 0 Å². The molecule has 0 heterocycles. The van der Waals surface area contributed by atoms with Crippen molar-refractivity contribution in [2.24, 2.45) is 5.73 Å². The van der Waals surface area contributed by atoms with Crippen molar-refractivity contribution in [1.82, 2.24) is 5.32 Å². The summed E-state index contributed by atoms with van der Waals surface area (Å²) < 4.78 is 6.32. The van der Waals surface area contributed by atoms with E-state index in [9.17, 15) is 4.79 Å². The molecule has 4 nitrogen and oxygen atoms in total. The lowest BCUT2D eigenvalue weighted by Gasteiger charge is -2.24. The molecule has 2 rings (SSSR count). The van der Waals surface area contributed by atoms with Crippen LogP contribution in [-0.2, 0) is 28.2 Å². The minimum Gasteiger partial charge on any atom is -0.377 e. The molecule has 0 saturated heterocycles. The topological polar surface area (TPSA) is 64.3 Å². The van der Waals surface area contributed by atoms with Gasteiger partial charge in [-0.3, -0.25) is 4.79 Å². The zero-order valence-electron chi connectivity index (χ0n) is 14.4. The predicted octanol–water partition coefficient (Wildman–Crippen LogP) is 3.90. The maximum absolute atomic E-state index is 12.5. The number of carbonyl (C=O) groups excluding carboxylic acids is 1. The van der Waals surface area contributed by atoms with Crippen molar-refractivity contribution in [1.29, 1.82) is 0 Å². The molecule has 0 bridgehead atoms. The molecule has 136 valence electrons. The van der Waals surface area contributed by atoms with Crippen LogP contribution in [-0.4, -0.2) is 12.5 Å². The van der Waals surface area contributed by atoms with Crippen LogP contribution in [0.25, 0.3) is 0 Å². The van der Waals surface area contributed by atoms with Crippen molar-refractivity contribution < 1.29 is 9.53 Å². The minimum absolute atomic E-state index is 0. The lowest BCUT2D eigenvalue weighted by atomic mass is 9.92. The second-order valence-electron chi connectivity index (χ2n) is 5.85. The van der Waals surface area contributed by atoms with Gasteiger partial charge in [-0.1, -0.05) is 52.3 Å². The third-order valence-corrected chi connectivity index (χ3v) is 4.39. The Morgan fingerprint density at radius 2 is 1.68 bits per heavy atom. The molecule has 1 atom stereocenters. The van der Waals surface area contributed by atoms with Gasteiger partial charge < -0.3 is 15.8 Å². The molecule has 2 aromatic carbocycles. The minimum atomic E-state index is -1.07. The Morgan fingerprint density at radius 1 is 1.12 bits per heavy atom. The van der Waals surface area contributed by atoms with Gasteiger partial charge in [-0.15, -0.1) is 12.4 Å². The zero-order valence-corrected chi connectivity index (χ0v) is 16.8. The summed E-state index contributed by atoms with van der Waals surface area (Å²) in [5, 5.41) is 2.91. The van der Waals surface area contributed by atoms with Crippen molar-refractivity contribution >= 4 is 34.2 Å². The Morgan fingerprint density at radius 3 is 2.24 bits per heavy atom. The Balaban J connectivity index is 0.00000312. The van der Waals surface area contributed by atoms with E-state index in [4.69, 9.17) is 10.5 Å². The SMILES string of the molecule is CCOCc1ccc(CNC(=O)C(C)(N)c2ccc(Br)cc2)cc1.Cl. The number of nitrogens with one attached hydrogen (secondary N) is 1. The van der Waals surface area contributed by atoms with Crippen molar-refractivity contribution in [3.8, 4) is 0 Å². The highest BCUT2D eigenvalue weighted by Gasteiger charge is 2.30. The molecule has 0 aliphatic carbocycles. The average molecular weight is 428 g/mol. The van der Waals surface area contributed by atoms with Gasteiger partial charge in [0.1, 0.15) is 5.54 Å². The van der Waals surface area contributed by atoms with E-state index in [0.29, 0.717) is 19.8 Å². The van der Waals surface area contributed by atoms with Gasteiger partial charge in [0.15, 0.2) is 0 Å². The Labute approximate surface area is 163 Å². The summed E-state index contributed by atoms with van der Waals surface area (Å²) in [6.07, 6.45) is 0. The summed E-state index contributed by atoms with van der Waals surface area (Å²) in [6, 6.07) is 15.5. The summed E-state index contributed by atoms with van der Waals surface area (Å²) >= 11 is 3.38. The average Bonchev–Trinajstić information content (AvgIpc) is 2.59. The first-order valence-corrected chi connectivity index (χ1v) is 8.71. The number of carbonyl (C=O) groups is 1. The van der Waals surface area contributed by atoms with Gasteiger partial charge in [-0.2, -0.15) is 0 Å². The van der Waals surface area contributed by atoms with Gasteiger partial charge in [-0.25, -0.2) is 0 Å². The number of rotatable bonds is 7. The van der Waals surface area contributed by atoms with Crippen molar-refractivity contribution in [2.75, 3.05) is 6.61 Å². The Kier molecular flexibility index (Phi) is 8.59. The standard InChI is InChI=1S/C19H23BrN2O2.ClH/c1-3-24-13-15-6-4-14(5-7-15)12-22-18(23)19(2,21)16-8-10-17(20)11-9-16;/h4-11H,3,12-13,21H2,1-2H3,(H,22,23);1H. The molecule has 3 N–H and O–H groups in total. The second kappa shape index (κ2) is 9.92. The fraction of sp³-hybridized carbons (Fsp3) is 0.316. The lowest BCUT2D eigenvalue weighted by molar-refractivity contribution is -0.126. The molecule has 0 aliphatic heterocycles. The third-order valence-electron chi connectivity index (χ3n) is 3.86. The van der Waals surface area contributed by atoms with Crippen LogP contribution < -0.4 is 11.1 Å². The van der Waals surface area contributed by atoms with E-state index < -0.39 is 5.54 Å². The molecule has 6 heteroatoms. The summed E-state index contributed by atoms with van der Waals surface area (Å²) in [5.41, 5.74) is 8.07. The van der Waals surface area contributed by atoms with E-state index in [0.717, 1.165) is 21.2 Å². The molecule has 0 spiro atoms. The molecular weight excluding hydrogens is 404 g/mol. The maximum atomic E-state index is 12.5. The first-order valence-electron chi connectivity index (χ1n) is 7.92. The molecule has 0 aromatic heterocycles. The van der Waals surface area contributed by atoms with Crippen LogP contribution in [0.5, 0.6) is 0 Å². The number of hydrogen-bond donors (Lipinski definition) is 2. The van der Waals surface area contributed by atoms with Crippen molar-refractivity contribution in [2.45, 2.75) is 32.5 Å². The smallest absolute Gasteiger partial charge is 0.244 e. The van der Waals surface area contributed by atoms with Gasteiger partial charge in [0.25, 0.3) is 0 Å². The molecule has 25 heavy (non-hydrogen) atoms. The van der Waals surface area contributed by atoms with E-state index in [1.165, 1.54) is 0 Å². The fourth-order valence-corrected chi connectivity index (χ4v) is 2.53. The Bertz CT molecular complexity index is 673. The highest BCUT2D eigenvalue weighted by Crippen LogP contribution is 2.20. The molecule has 0 saturated carbocycles. The molecule has 0 radical (unpaired) electrons. The van der Waals surface area contributed by atoms with Gasteiger partial charge in [-0.05, 0) is 42.7 Å². The molecule has 0 fully saturated rings. The summed E-state index contributed by atoms with van der Waals surface area (Å²) in [5.74, 6) is -0.205. The van der Waals surface area contributed by atoms with Crippen LogP contribution >= 0.6 is 28.3 Å². The first-order chi connectivity index (χ1) is 11.4. The van der Waals surface area contributed by atoms with Crippen molar-refractivity contribution in [3.05, 3.63) is 69.7 Å². The second-order valence-corrected chi connectivity index (χ2v) is 6.76. The number of hydrogen-bond acceptors (Lipinski definition) is 3. The normalized spacial score (nSPS) is 12.8. The highest BCUT2D eigenvalue weighted by atomic mass is 79.9. The number of nitrogens with two attached hydrogens (primary N) is 1. The van der Waals surface area contributed by atoms with E-state index in [1.807, 2.05) is 55.5 Å². The van der Waals surface area contributed by atoms with Gasteiger partial charge in [0.2, 0.25) is 5.91 Å². The van der Waals surface area contributed by atoms with Crippen LogP contribution in [0.4, 0.5) is 0 Å². The van der Waals surface area contributed by atoms with Crippen LogP contribution in [0.2, 0.25) is 0 Å². The fourth-order valence-electron chi connectivity index (χ4n) is 2.27. The third kappa shape index (κ3) is 6.12. The van der Waals surface area contributed by atoms with Crippen LogP contribution in [0.3, 0.4) is 0 Å². The highest BCUT2D eigenvalue weighted by molar-refractivity contribution is 9.10. The summed E-state index contributed by atoms with van der Waals surface area (Å²) in [4.78, 5) is 12.5. The van der Waals surface area contributed by atoms with Gasteiger partial charge >= 0.3 is 0 Å². The molecule has 1 amide bonds. The number of benzene rings is 2. The molecular formula is C19H24BrClN2O2. The van der Waals surface area contributed by atoms with Gasteiger partial charge in [0.05, 0.1) is 6.61 Å². The number of ether oxygens (including phenoxy) is 1. The van der Waals surface area contributed by atoms with E-state index in [1.54, 1.807) is 6.92 Å². The Hall–Kier alpha value is -1.40. The summed E-state index contributed by atoms with van der Waals surface area (Å²) in [7, 11) is 0. The lowest BCUT2D eigenvalue weighted by Crippen LogP contribution is -2.48.